The van der Waals surface area contributed by atoms with E-state index in [1.165, 1.54) is 18.2 Å². The van der Waals surface area contributed by atoms with Gasteiger partial charge in [0.15, 0.2) is 0 Å². The molecule has 6 nitrogen and oxygen atoms in total. The SMILES string of the molecule is COC(=O)N[C@H](C(=O)N1CCN(C(c2ccccc2)c2ccccc2)CC1)C(C)C. The van der Waals surface area contributed by atoms with E-state index in [9.17, 15) is 9.59 Å². The fourth-order valence-corrected chi connectivity index (χ4v) is 3.98. The number of ether oxygens (including phenoxy) is 1. The quantitative estimate of drug-likeness (QED) is 0.795. The van der Waals surface area contributed by atoms with Crippen molar-refractivity contribution in [2.24, 2.45) is 5.92 Å². The summed E-state index contributed by atoms with van der Waals surface area (Å²) in [6, 6.07) is 20.5. The van der Waals surface area contributed by atoms with Gasteiger partial charge in [-0.1, -0.05) is 74.5 Å². The van der Waals surface area contributed by atoms with Crippen LogP contribution >= 0.6 is 0 Å². The van der Waals surface area contributed by atoms with Crippen molar-refractivity contribution in [2.75, 3.05) is 33.3 Å². The number of piperazine rings is 1. The summed E-state index contributed by atoms with van der Waals surface area (Å²) in [7, 11) is 1.31. The van der Waals surface area contributed by atoms with Crippen LogP contribution in [0.5, 0.6) is 0 Å². The molecule has 0 spiro atoms. The van der Waals surface area contributed by atoms with E-state index >= 15 is 0 Å². The lowest BCUT2D eigenvalue weighted by Crippen LogP contribution is -2.56. The Labute approximate surface area is 178 Å². The zero-order valence-electron chi connectivity index (χ0n) is 18.0. The standard InChI is InChI=1S/C24H31N3O3/c1-18(2)21(25-24(29)30-3)23(28)27-16-14-26(15-17-27)22(19-10-6-4-7-11-19)20-12-8-5-9-13-20/h4-13,18,21-22H,14-17H2,1-3H3,(H,25,29)/t21-/m0/s1. The highest BCUT2D eigenvalue weighted by Crippen LogP contribution is 2.29. The van der Waals surface area contributed by atoms with E-state index in [0.717, 1.165) is 13.1 Å². The molecule has 1 atom stereocenters. The number of carbonyl (C=O) groups is 2. The monoisotopic (exact) mass is 409 g/mol. The summed E-state index contributed by atoms with van der Waals surface area (Å²) < 4.78 is 4.69. The molecule has 1 N–H and O–H groups in total. The number of methoxy groups -OCH3 is 1. The van der Waals surface area contributed by atoms with E-state index in [0.29, 0.717) is 13.1 Å². The zero-order chi connectivity index (χ0) is 21.5. The van der Waals surface area contributed by atoms with Gasteiger partial charge < -0.3 is 15.0 Å². The second-order valence-corrected chi connectivity index (χ2v) is 7.94. The second kappa shape index (κ2) is 10.3. The predicted octanol–water partition coefficient (Wildman–Crippen LogP) is 3.30. The minimum atomic E-state index is -0.581. The predicted molar refractivity (Wildman–Crippen MR) is 117 cm³/mol. The Balaban J connectivity index is 1.72. The summed E-state index contributed by atoms with van der Waals surface area (Å²) in [5, 5.41) is 2.68. The minimum Gasteiger partial charge on any atom is -0.453 e. The van der Waals surface area contributed by atoms with Crippen molar-refractivity contribution < 1.29 is 14.3 Å². The zero-order valence-corrected chi connectivity index (χ0v) is 18.0. The van der Waals surface area contributed by atoms with Crippen LogP contribution in [0.3, 0.4) is 0 Å². The van der Waals surface area contributed by atoms with Crippen LogP contribution in [0.2, 0.25) is 0 Å². The average molecular weight is 410 g/mol. The van der Waals surface area contributed by atoms with E-state index in [1.54, 1.807) is 0 Å². The molecule has 2 aromatic carbocycles. The molecular formula is C24H31N3O3. The van der Waals surface area contributed by atoms with Gasteiger partial charge in [0.05, 0.1) is 13.2 Å². The molecule has 3 rings (SSSR count). The van der Waals surface area contributed by atoms with Crippen LogP contribution in [0.25, 0.3) is 0 Å². The van der Waals surface area contributed by atoms with Gasteiger partial charge in [-0.3, -0.25) is 9.69 Å². The van der Waals surface area contributed by atoms with Gasteiger partial charge in [-0.2, -0.15) is 0 Å². The fraction of sp³-hybridized carbons (Fsp3) is 0.417. The van der Waals surface area contributed by atoms with E-state index < -0.39 is 12.1 Å². The van der Waals surface area contributed by atoms with E-state index in [2.05, 4.69) is 63.5 Å². The molecule has 2 aromatic rings. The van der Waals surface area contributed by atoms with Crippen molar-refractivity contribution in [3.8, 4) is 0 Å². The van der Waals surface area contributed by atoms with Gasteiger partial charge >= 0.3 is 6.09 Å². The number of amides is 2. The van der Waals surface area contributed by atoms with Crippen molar-refractivity contribution in [1.29, 1.82) is 0 Å². The Morgan fingerprint density at radius 1 is 0.867 bits per heavy atom. The summed E-state index contributed by atoms with van der Waals surface area (Å²) in [6.45, 7) is 6.64. The maximum absolute atomic E-state index is 13.0. The number of alkyl carbamates (subject to hydrolysis) is 1. The lowest BCUT2D eigenvalue weighted by atomic mass is 9.96. The average Bonchev–Trinajstić information content (AvgIpc) is 2.79. The van der Waals surface area contributed by atoms with Gasteiger partial charge in [-0.15, -0.1) is 0 Å². The summed E-state index contributed by atoms with van der Waals surface area (Å²) in [6.07, 6.45) is -0.575. The Bertz CT molecular complexity index is 779. The number of rotatable bonds is 6. The molecule has 160 valence electrons. The Morgan fingerprint density at radius 2 is 1.37 bits per heavy atom. The first-order chi connectivity index (χ1) is 14.5. The van der Waals surface area contributed by atoms with Crippen molar-refractivity contribution in [1.82, 2.24) is 15.1 Å². The van der Waals surface area contributed by atoms with Crippen LogP contribution in [-0.4, -0.2) is 61.1 Å². The summed E-state index contributed by atoms with van der Waals surface area (Å²) >= 11 is 0. The molecule has 0 aromatic heterocycles. The second-order valence-electron chi connectivity index (χ2n) is 7.94. The topological polar surface area (TPSA) is 61.9 Å². The van der Waals surface area contributed by atoms with Crippen LogP contribution in [0.1, 0.15) is 31.0 Å². The van der Waals surface area contributed by atoms with Gasteiger partial charge in [0.25, 0.3) is 0 Å². The number of nitrogens with one attached hydrogen (secondary N) is 1. The highest BCUT2D eigenvalue weighted by molar-refractivity contribution is 5.86. The van der Waals surface area contributed by atoms with Gasteiger partial charge in [0.1, 0.15) is 6.04 Å². The lowest BCUT2D eigenvalue weighted by molar-refractivity contribution is -0.136. The molecule has 2 amide bonds. The Morgan fingerprint density at radius 3 is 1.80 bits per heavy atom. The van der Waals surface area contributed by atoms with Crippen molar-refractivity contribution in [3.05, 3.63) is 71.8 Å². The summed E-state index contributed by atoms with van der Waals surface area (Å²) in [5.74, 6) is -0.0676. The number of carbonyl (C=O) groups excluding carboxylic acids is 2. The van der Waals surface area contributed by atoms with Crippen LogP contribution in [0.4, 0.5) is 4.79 Å². The van der Waals surface area contributed by atoms with E-state index in [1.807, 2.05) is 30.9 Å². The van der Waals surface area contributed by atoms with Gasteiger partial charge in [0.2, 0.25) is 5.91 Å². The van der Waals surface area contributed by atoms with Crippen LogP contribution in [0.15, 0.2) is 60.7 Å². The third kappa shape index (κ3) is 5.19. The van der Waals surface area contributed by atoms with E-state index in [4.69, 9.17) is 0 Å². The van der Waals surface area contributed by atoms with Crippen molar-refractivity contribution in [2.45, 2.75) is 25.9 Å². The third-order valence-corrected chi connectivity index (χ3v) is 5.61. The summed E-state index contributed by atoms with van der Waals surface area (Å²) in [4.78, 5) is 29.0. The molecule has 6 heteroatoms. The molecule has 1 saturated heterocycles. The number of benzene rings is 2. The minimum absolute atomic E-state index is 0.0176. The largest absolute Gasteiger partial charge is 0.453 e. The molecule has 0 radical (unpaired) electrons. The number of hydrogen-bond donors (Lipinski definition) is 1. The molecule has 0 unspecified atom stereocenters. The number of hydrogen-bond acceptors (Lipinski definition) is 4. The first-order valence-corrected chi connectivity index (χ1v) is 10.5. The highest BCUT2D eigenvalue weighted by Gasteiger charge is 2.33. The normalized spacial score (nSPS) is 15.8. The first kappa shape index (κ1) is 21.8. The van der Waals surface area contributed by atoms with Crippen molar-refractivity contribution >= 4 is 12.0 Å². The molecule has 0 bridgehead atoms. The molecule has 0 aliphatic carbocycles. The highest BCUT2D eigenvalue weighted by atomic mass is 16.5. The van der Waals surface area contributed by atoms with Gasteiger partial charge in [0, 0.05) is 26.2 Å². The maximum Gasteiger partial charge on any atom is 0.407 e. The molecule has 1 aliphatic rings. The lowest BCUT2D eigenvalue weighted by Gasteiger charge is -2.41. The van der Waals surface area contributed by atoms with Crippen molar-refractivity contribution in [3.63, 3.8) is 0 Å². The Kier molecular flexibility index (Phi) is 7.46. The molecule has 1 aliphatic heterocycles. The molecule has 30 heavy (non-hydrogen) atoms. The molecule has 0 saturated carbocycles. The third-order valence-electron chi connectivity index (χ3n) is 5.61. The maximum atomic E-state index is 13.0. The van der Waals surface area contributed by atoms with Crippen LogP contribution < -0.4 is 5.32 Å². The van der Waals surface area contributed by atoms with E-state index in [-0.39, 0.29) is 17.9 Å². The smallest absolute Gasteiger partial charge is 0.407 e. The first-order valence-electron chi connectivity index (χ1n) is 10.5. The molecule has 1 fully saturated rings. The van der Waals surface area contributed by atoms with Gasteiger partial charge in [-0.05, 0) is 17.0 Å². The number of nitrogens with zero attached hydrogens (tertiary/aromatic N) is 2. The summed E-state index contributed by atoms with van der Waals surface area (Å²) in [5.41, 5.74) is 2.49. The van der Waals surface area contributed by atoms with Gasteiger partial charge in [-0.25, -0.2) is 4.79 Å². The molecular weight excluding hydrogens is 378 g/mol. The van der Waals surface area contributed by atoms with Crippen LogP contribution in [0, 0.1) is 5.92 Å². The molecule has 1 heterocycles. The fourth-order valence-electron chi connectivity index (χ4n) is 3.98. The Hall–Kier alpha value is -2.86. The van der Waals surface area contributed by atoms with Crippen LogP contribution in [-0.2, 0) is 9.53 Å².